The van der Waals surface area contributed by atoms with Crippen LogP contribution in [0.2, 0.25) is 0 Å². The zero-order chi connectivity index (χ0) is 11.8. The van der Waals surface area contributed by atoms with Crippen molar-refractivity contribution in [2.24, 2.45) is 0 Å². The van der Waals surface area contributed by atoms with Gasteiger partial charge < -0.3 is 0 Å². The van der Waals surface area contributed by atoms with Gasteiger partial charge in [0.25, 0.3) is 10.1 Å². The van der Waals surface area contributed by atoms with Crippen molar-refractivity contribution < 1.29 is 13.0 Å². The minimum atomic E-state index is -4.31. The average molecular weight is 233 g/mol. The van der Waals surface area contributed by atoms with Crippen LogP contribution >= 0.6 is 0 Å². The van der Waals surface area contributed by atoms with Gasteiger partial charge in [-0.1, -0.05) is 24.3 Å². The maximum atomic E-state index is 11.2. The molecular formula is C11H7NO3S. The standard InChI is InChI=1S/C11H7NO3S/c12-7-9-5-1-3-8-4-2-6-10(11(8)9)16(13,14)15/h1-6H,(H,13,14,15). The van der Waals surface area contributed by atoms with Crippen molar-refractivity contribution >= 4 is 20.9 Å². The third-order valence-corrected chi connectivity index (χ3v) is 3.16. The monoisotopic (exact) mass is 233 g/mol. The van der Waals surface area contributed by atoms with E-state index >= 15 is 0 Å². The van der Waals surface area contributed by atoms with Crippen molar-refractivity contribution in [2.45, 2.75) is 4.90 Å². The first-order valence-electron chi connectivity index (χ1n) is 4.43. The van der Waals surface area contributed by atoms with Crippen LogP contribution in [0.5, 0.6) is 0 Å². The number of benzene rings is 2. The summed E-state index contributed by atoms with van der Waals surface area (Å²) in [6, 6.07) is 11.2. The first-order chi connectivity index (χ1) is 7.54. The maximum Gasteiger partial charge on any atom is 0.295 e. The molecule has 0 heterocycles. The highest BCUT2D eigenvalue weighted by Gasteiger charge is 2.15. The third-order valence-electron chi connectivity index (χ3n) is 2.26. The van der Waals surface area contributed by atoms with E-state index in [-0.39, 0.29) is 15.8 Å². The Morgan fingerprint density at radius 3 is 2.31 bits per heavy atom. The maximum absolute atomic E-state index is 11.2. The van der Waals surface area contributed by atoms with E-state index in [0.717, 1.165) is 0 Å². The van der Waals surface area contributed by atoms with Crippen molar-refractivity contribution in [3.05, 3.63) is 42.0 Å². The van der Waals surface area contributed by atoms with Gasteiger partial charge in [-0.15, -0.1) is 0 Å². The van der Waals surface area contributed by atoms with Gasteiger partial charge in [-0.2, -0.15) is 13.7 Å². The Morgan fingerprint density at radius 2 is 1.75 bits per heavy atom. The summed E-state index contributed by atoms with van der Waals surface area (Å²) in [5, 5.41) is 9.76. The number of hydrogen-bond acceptors (Lipinski definition) is 3. The fraction of sp³-hybridized carbons (Fsp3) is 0. The first kappa shape index (κ1) is 10.6. The van der Waals surface area contributed by atoms with Crippen LogP contribution in [-0.2, 0) is 10.1 Å². The predicted molar refractivity (Wildman–Crippen MR) is 58.5 cm³/mol. The molecule has 0 radical (unpaired) electrons. The number of nitrogens with zero attached hydrogens (tertiary/aromatic N) is 1. The number of hydrogen-bond donors (Lipinski definition) is 1. The van der Waals surface area contributed by atoms with Crippen molar-refractivity contribution in [3.63, 3.8) is 0 Å². The highest BCUT2D eigenvalue weighted by molar-refractivity contribution is 7.86. The van der Waals surface area contributed by atoms with Crippen molar-refractivity contribution in [1.29, 1.82) is 5.26 Å². The molecule has 0 saturated heterocycles. The van der Waals surface area contributed by atoms with Crippen LogP contribution in [0.1, 0.15) is 5.56 Å². The van der Waals surface area contributed by atoms with Crippen LogP contribution in [0.15, 0.2) is 41.3 Å². The largest absolute Gasteiger partial charge is 0.295 e. The van der Waals surface area contributed by atoms with E-state index in [1.54, 1.807) is 18.2 Å². The molecule has 2 rings (SSSR count). The Kier molecular flexibility index (Phi) is 2.38. The molecule has 4 nitrogen and oxygen atoms in total. The molecule has 0 fully saturated rings. The summed E-state index contributed by atoms with van der Waals surface area (Å²) >= 11 is 0. The van der Waals surface area contributed by atoms with Crippen LogP contribution in [0, 0.1) is 11.3 Å². The molecule has 0 amide bonds. The number of fused-ring (bicyclic) bond motifs is 1. The van der Waals surface area contributed by atoms with Crippen LogP contribution in [0.4, 0.5) is 0 Å². The molecule has 0 bridgehead atoms. The van der Waals surface area contributed by atoms with E-state index in [0.29, 0.717) is 5.39 Å². The Hall–Kier alpha value is -1.90. The van der Waals surface area contributed by atoms with Gasteiger partial charge in [0.1, 0.15) is 4.90 Å². The minimum Gasteiger partial charge on any atom is -0.282 e. The molecule has 0 atom stereocenters. The van der Waals surface area contributed by atoms with Crippen LogP contribution in [0.25, 0.3) is 10.8 Å². The normalized spacial score (nSPS) is 11.2. The molecule has 80 valence electrons. The van der Waals surface area contributed by atoms with Gasteiger partial charge in [-0.3, -0.25) is 4.55 Å². The second-order valence-corrected chi connectivity index (χ2v) is 4.64. The Morgan fingerprint density at radius 1 is 1.12 bits per heavy atom. The zero-order valence-corrected chi connectivity index (χ0v) is 8.90. The summed E-state index contributed by atoms with van der Waals surface area (Å²) in [6.45, 7) is 0. The van der Waals surface area contributed by atoms with Crippen LogP contribution in [0.3, 0.4) is 0 Å². The summed E-state index contributed by atoms with van der Waals surface area (Å²) < 4.78 is 31.4. The van der Waals surface area contributed by atoms with E-state index in [9.17, 15) is 8.42 Å². The first-order valence-corrected chi connectivity index (χ1v) is 5.87. The molecule has 0 aromatic heterocycles. The highest BCUT2D eigenvalue weighted by atomic mass is 32.2. The molecule has 0 unspecified atom stereocenters. The highest BCUT2D eigenvalue weighted by Crippen LogP contribution is 2.25. The van der Waals surface area contributed by atoms with Gasteiger partial charge in [0.2, 0.25) is 0 Å². The summed E-state index contributed by atoms with van der Waals surface area (Å²) in [5.74, 6) is 0. The second kappa shape index (κ2) is 3.59. The van der Waals surface area contributed by atoms with Crippen molar-refractivity contribution in [1.82, 2.24) is 0 Å². The summed E-state index contributed by atoms with van der Waals surface area (Å²) in [7, 11) is -4.31. The smallest absolute Gasteiger partial charge is 0.282 e. The molecule has 2 aromatic carbocycles. The van der Waals surface area contributed by atoms with E-state index in [1.807, 2.05) is 6.07 Å². The molecule has 0 aliphatic rings. The van der Waals surface area contributed by atoms with Crippen molar-refractivity contribution in [3.8, 4) is 6.07 Å². The SMILES string of the molecule is N#Cc1cccc2cccc(S(=O)(=O)O)c12. The zero-order valence-electron chi connectivity index (χ0n) is 8.08. The van der Waals surface area contributed by atoms with Gasteiger partial charge in [-0.25, -0.2) is 0 Å². The molecule has 0 aliphatic carbocycles. The minimum absolute atomic E-state index is 0.228. The lowest BCUT2D eigenvalue weighted by molar-refractivity contribution is 0.484. The number of nitriles is 1. The van der Waals surface area contributed by atoms with Crippen LogP contribution in [-0.4, -0.2) is 13.0 Å². The van der Waals surface area contributed by atoms with Crippen molar-refractivity contribution in [2.75, 3.05) is 0 Å². The summed E-state index contributed by atoms with van der Waals surface area (Å²) in [6.07, 6.45) is 0. The Bertz CT molecular complexity index is 693. The van der Waals surface area contributed by atoms with E-state index < -0.39 is 10.1 Å². The Balaban J connectivity index is 3.03. The van der Waals surface area contributed by atoms with E-state index in [2.05, 4.69) is 0 Å². The summed E-state index contributed by atoms with van der Waals surface area (Å²) in [4.78, 5) is -0.234. The quantitative estimate of drug-likeness (QED) is 0.763. The van der Waals surface area contributed by atoms with Gasteiger partial charge in [0, 0.05) is 5.39 Å². The molecule has 5 heteroatoms. The molecule has 0 aliphatic heterocycles. The molecule has 1 N–H and O–H groups in total. The second-order valence-electron chi connectivity index (χ2n) is 3.25. The lowest BCUT2D eigenvalue weighted by atomic mass is 10.1. The average Bonchev–Trinajstić information content (AvgIpc) is 2.26. The Labute approximate surface area is 92.5 Å². The number of rotatable bonds is 1. The molecule has 2 aromatic rings. The molecular weight excluding hydrogens is 226 g/mol. The lowest BCUT2D eigenvalue weighted by Gasteiger charge is -2.04. The van der Waals surface area contributed by atoms with Gasteiger partial charge in [0.05, 0.1) is 11.6 Å². The van der Waals surface area contributed by atoms with Gasteiger partial charge in [-0.05, 0) is 17.5 Å². The fourth-order valence-electron chi connectivity index (χ4n) is 1.61. The fourth-order valence-corrected chi connectivity index (χ4v) is 2.35. The third kappa shape index (κ3) is 1.65. The lowest BCUT2D eigenvalue weighted by Crippen LogP contribution is -1.99. The molecule has 0 saturated carbocycles. The van der Waals surface area contributed by atoms with E-state index in [4.69, 9.17) is 9.81 Å². The topological polar surface area (TPSA) is 78.2 Å². The summed E-state index contributed by atoms with van der Waals surface area (Å²) in [5.41, 5.74) is 0.228. The molecule has 0 spiro atoms. The molecule has 16 heavy (non-hydrogen) atoms. The predicted octanol–water partition coefficient (Wildman–Crippen LogP) is 1.96. The van der Waals surface area contributed by atoms with E-state index in [1.165, 1.54) is 18.2 Å². The van der Waals surface area contributed by atoms with Crippen LogP contribution < -0.4 is 0 Å². The van der Waals surface area contributed by atoms with Gasteiger partial charge >= 0.3 is 0 Å². The van der Waals surface area contributed by atoms with Gasteiger partial charge in [0.15, 0.2) is 0 Å².